The standard InChI is InChI=1S/C37H31N3/c1-2-10-29(11-3-1)37-39-35(24-36(40-37)31-14-6-13-30(23-31)32-15-8-22-38-25-32)28-20-18-27(19-21-28)34-17-7-12-26-9-4-5-16-33(26)34/h1-17,22-25,27-28H,18-21H2. The van der Waals surface area contributed by atoms with Gasteiger partial charge in [-0.05, 0) is 71.7 Å². The van der Waals surface area contributed by atoms with Crippen LogP contribution in [0.25, 0.3) is 44.5 Å². The first-order chi connectivity index (χ1) is 19.8. The van der Waals surface area contributed by atoms with E-state index in [0.717, 1.165) is 52.3 Å². The fourth-order valence-corrected chi connectivity index (χ4v) is 6.24. The van der Waals surface area contributed by atoms with Crippen LogP contribution in [0.4, 0.5) is 0 Å². The summed E-state index contributed by atoms with van der Waals surface area (Å²) in [4.78, 5) is 14.5. The zero-order valence-corrected chi connectivity index (χ0v) is 22.4. The van der Waals surface area contributed by atoms with E-state index in [4.69, 9.17) is 9.97 Å². The Morgan fingerprint density at radius 3 is 2.08 bits per heavy atom. The van der Waals surface area contributed by atoms with Gasteiger partial charge >= 0.3 is 0 Å². The Kier molecular flexibility index (Phi) is 6.63. The first kappa shape index (κ1) is 24.4. The molecule has 0 radical (unpaired) electrons. The SMILES string of the molecule is c1ccc(-c2nc(-c3cccc(-c4cccnc4)c3)cc(C3CCC(c4cccc5ccccc45)CC3)n2)cc1. The molecule has 0 atom stereocenters. The Morgan fingerprint density at radius 1 is 0.525 bits per heavy atom. The smallest absolute Gasteiger partial charge is 0.160 e. The van der Waals surface area contributed by atoms with Crippen molar-refractivity contribution in [2.45, 2.75) is 37.5 Å². The van der Waals surface area contributed by atoms with Crippen LogP contribution in [0.5, 0.6) is 0 Å². The van der Waals surface area contributed by atoms with Crippen molar-refractivity contribution < 1.29 is 0 Å². The summed E-state index contributed by atoms with van der Waals surface area (Å²) in [6.07, 6.45) is 8.34. The Hall–Kier alpha value is -4.63. The molecular formula is C37H31N3. The van der Waals surface area contributed by atoms with Gasteiger partial charge in [-0.1, -0.05) is 97.1 Å². The van der Waals surface area contributed by atoms with Crippen LogP contribution in [-0.4, -0.2) is 15.0 Å². The summed E-state index contributed by atoms with van der Waals surface area (Å²) < 4.78 is 0. The van der Waals surface area contributed by atoms with E-state index in [1.54, 1.807) is 0 Å². The molecule has 6 aromatic rings. The Labute approximate surface area is 235 Å². The maximum absolute atomic E-state index is 5.16. The summed E-state index contributed by atoms with van der Waals surface area (Å²) >= 11 is 0. The predicted octanol–water partition coefficient (Wildman–Crippen LogP) is 9.47. The lowest BCUT2D eigenvalue weighted by atomic mass is 9.76. The van der Waals surface area contributed by atoms with Crippen LogP contribution in [0.2, 0.25) is 0 Å². The zero-order valence-electron chi connectivity index (χ0n) is 22.4. The lowest BCUT2D eigenvalue weighted by Gasteiger charge is -2.29. The molecule has 2 heterocycles. The molecule has 0 bridgehead atoms. The van der Waals surface area contributed by atoms with Crippen LogP contribution in [0.1, 0.15) is 48.8 Å². The maximum atomic E-state index is 5.16. The molecule has 0 unspecified atom stereocenters. The van der Waals surface area contributed by atoms with E-state index in [-0.39, 0.29) is 0 Å². The van der Waals surface area contributed by atoms with Gasteiger partial charge in [-0.3, -0.25) is 4.98 Å². The fraction of sp³-hybridized carbons (Fsp3) is 0.162. The molecule has 4 aromatic carbocycles. The Morgan fingerprint density at radius 2 is 1.23 bits per heavy atom. The number of fused-ring (bicyclic) bond motifs is 1. The number of benzene rings is 4. The number of hydrogen-bond donors (Lipinski definition) is 0. The molecule has 1 fully saturated rings. The van der Waals surface area contributed by atoms with Gasteiger partial charge in [-0.2, -0.15) is 0 Å². The topological polar surface area (TPSA) is 38.7 Å². The van der Waals surface area contributed by atoms with Crippen LogP contribution in [-0.2, 0) is 0 Å². The number of rotatable bonds is 5. The number of pyridine rings is 1. The van der Waals surface area contributed by atoms with Gasteiger partial charge in [0.2, 0.25) is 0 Å². The molecule has 0 saturated heterocycles. The van der Waals surface area contributed by atoms with Crippen LogP contribution < -0.4 is 0 Å². The highest BCUT2D eigenvalue weighted by molar-refractivity contribution is 5.86. The van der Waals surface area contributed by atoms with Gasteiger partial charge < -0.3 is 0 Å². The molecular weight excluding hydrogens is 486 g/mol. The quantitative estimate of drug-likeness (QED) is 0.229. The molecule has 0 aliphatic heterocycles. The minimum absolute atomic E-state index is 0.428. The van der Waals surface area contributed by atoms with Gasteiger partial charge in [0.1, 0.15) is 0 Å². The highest BCUT2D eigenvalue weighted by atomic mass is 14.9. The molecule has 3 heteroatoms. The summed E-state index contributed by atoms with van der Waals surface area (Å²) in [6, 6.07) is 40.9. The fourth-order valence-electron chi connectivity index (χ4n) is 6.24. The molecule has 1 saturated carbocycles. The lowest BCUT2D eigenvalue weighted by Crippen LogP contribution is -2.14. The van der Waals surface area contributed by atoms with Gasteiger partial charge in [0, 0.05) is 40.7 Å². The van der Waals surface area contributed by atoms with Crippen molar-refractivity contribution in [3.63, 3.8) is 0 Å². The molecule has 2 aromatic heterocycles. The predicted molar refractivity (Wildman–Crippen MR) is 164 cm³/mol. The van der Waals surface area contributed by atoms with Gasteiger partial charge in [0.25, 0.3) is 0 Å². The van der Waals surface area contributed by atoms with E-state index in [1.807, 2.05) is 24.5 Å². The average Bonchev–Trinajstić information content (AvgIpc) is 3.05. The first-order valence-corrected chi connectivity index (χ1v) is 14.2. The third-order valence-electron chi connectivity index (χ3n) is 8.34. The summed E-state index contributed by atoms with van der Waals surface area (Å²) in [5, 5.41) is 2.74. The number of hydrogen-bond acceptors (Lipinski definition) is 3. The molecule has 3 nitrogen and oxygen atoms in total. The van der Waals surface area contributed by atoms with Crippen molar-refractivity contribution in [3.05, 3.63) is 139 Å². The molecule has 194 valence electrons. The second-order valence-electron chi connectivity index (χ2n) is 10.8. The maximum Gasteiger partial charge on any atom is 0.160 e. The van der Waals surface area contributed by atoms with E-state index in [2.05, 4.69) is 108 Å². The third-order valence-corrected chi connectivity index (χ3v) is 8.34. The zero-order chi connectivity index (χ0) is 26.7. The molecule has 0 amide bonds. The highest BCUT2D eigenvalue weighted by Crippen LogP contribution is 2.42. The second kappa shape index (κ2) is 10.9. The van der Waals surface area contributed by atoms with Crippen molar-refractivity contribution in [3.8, 4) is 33.8 Å². The van der Waals surface area contributed by atoms with Gasteiger partial charge in [-0.15, -0.1) is 0 Å². The van der Waals surface area contributed by atoms with Crippen molar-refractivity contribution in [2.75, 3.05) is 0 Å². The normalized spacial score (nSPS) is 17.1. The second-order valence-corrected chi connectivity index (χ2v) is 10.8. The summed E-state index contributed by atoms with van der Waals surface area (Å²) in [6.45, 7) is 0. The molecule has 0 N–H and O–H groups in total. The monoisotopic (exact) mass is 517 g/mol. The largest absolute Gasteiger partial charge is 0.264 e. The van der Waals surface area contributed by atoms with Crippen LogP contribution in [0.15, 0.2) is 128 Å². The van der Waals surface area contributed by atoms with Crippen LogP contribution in [0, 0.1) is 0 Å². The van der Waals surface area contributed by atoms with E-state index in [9.17, 15) is 0 Å². The summed E-state index contributed by atoms with van der Waals surface area (Å²) in [7, 11) is 0. The molecule has 0 spiro atoms. The number of aromatic nitrogens is 3. The first-order valence-electron chi connectivity index (χ1n) is 14.2. The highest BCUT2D eigenvalue weighted by Gasteiger charge is 2.26. The van der Waals surface area contributed by atoms with Crippen molar-refractivity contribution in [2.24, 2.45) is 0 Å². The third kappa shape index (κ3) is 4.91. The summed E-state index contributed by atoms with van der Waals surface area (Å²) in [5.74, 6) is 1.82. The van der Waals surface area contributed by atoms with E-state index in [0.29, 0.717) is 11.8 Å². The number of nitrogens with zero attached hydrogens (tertiary/aromatic N) is 3. The lowest BCUT2D eigenvalue weighted by molar-refractivity contribution is 0.392. The van der Waals surface area contributed by atoms with Gasteiger partial charge in [0.05, 0.1) is 5.69 Å². The molecule has 1 aliphatic rings. The molecule has 40 heavy (non-hydrogen) atoms. The minimum atomic E-state index is 0.428. The average molecular weight is 518 g/mol. The van der Waals surface area contributed by atoms with E-state index >= 15 is 0 Å². The van der Waals surface area contributed by atoms with E-state index < -0.39 is 0 Å². The molecule has 1 aliphatic carbocycles. The van der Waals surface area contributed by atoms with Crippen molar-refractivity contribution in [1.29, 1.82) is 0 Å². The van der Waals surface area contributed by atoms with Gasteiger partial charge in [-0.25, -0.2) is 9.97 Å². The van der Waals surface area contributed by atoms with Crippen molar-refractivity contribution in [1.82, 2.24) is 15.0 Å². The summed E-state index contributed by atoms with van der Waals surface area (Å²) in [5.41, 5.74) is 8.04. The molecule has 7 rings (SSSR count). The van der Waals surface area contributed by atoms with Gasteiger partial charge in [0.15, 0.2) is 5.82 Å². The minimum Gasteiger partial charge on any atom is -0.264 e. The van der Waals surface area contributed by atoms with Crippen LogP contribution in [0.3, 0.4) is 0 Å². The van der Waals surface area contributed by atoms with E-state index in [1.165, 1.54) is 29.2 Å². The Bertz CT molecular complexity index is 1750. The van der Waals surface area contributed by atoms with Crippen LogP contribution >= 0.6 is 0 Å². The Balaban J connectivity index is 1.22. The van der Waals surface area contributed by atoms with Crippen molar-refractivity contribution >= 4 is 10.8 Å².